The van der Waals surface area contributed by atoms with Gasteiger partial charge in [-0.2, -0.15) is 0 Å². The average Bonchev–Trinajstić information content (AvgIpc) is 4.21. The Kier molecular flexibility index (Phi) is 11.9. The Morgan fingerprint density at radius 3 is 0.841 bits per heavy atom. The minimum Gasteiger partial charge on any atom is -0.497 e. The molecule has 0 aliphatic carbocycles. The van der Waals surface area contributed by atoms with Crippen LogP contribution in [0.15, 0.2) is 164 Å². The highest BCUT2D eigenvalue weighted by Crippen LogP contribution is 2.57. The summed E-state index contributed by atoms with van der Waals surface area (Å²) in [6.45, 7) is 0. The SMILES string of the molecule is COc1ccc(N(c2ccc(OC)cc2)c2cc3c(s2)c2sc(N(c4ccc(OC)cc4)c4ccc(OC)cc4)cc2c2c4sc(N(c5ccc(OC)cc5)c5ccc(OC)cc5)cc4sc32)cc1. The summed E-state index contributed by atoms with van der Waals surface area (Å²) in [6, 6.07) is 56.6. The molecule has 0 amide bonds. The lowest BCUT2D eigenvalue weighted by Gasteiger charge is -2.24. The summed E-state index contributed by atoms with van der Waals surface area (Å²) in [5.74, 6) is 4.80. The third kappa shape index (κ3) is 8.06. The van der Waals surface area contributed by atoms with Crippen molar-refractivity contribution < 1.29 is 28.4 Å². The van der Waals surface area contributed by atoms with E-state index in [-0.39, 0.29) is 0 Å². The van der Waals surface area contributed by atoms with Crippen LogP contribution in [0.2, 0.25) is 0 Å². The molecule has 0 unspecified atom stereocenters. The van der Waals surface area contributed by atoms with E-state index in [9.17, 15) is 0 Å². The van der Waals surface area contributed by atoms with Crippen LogP contribution >= 0.6 is 45.3 Å². The second-order valence-electron chi connectivity index (χ2n) is 15.9. The molecule has 0 aliphatic heterocycles. The summed E-state index contributed by atoms with van der Waals surface area (Å²) < 4.78 is 39.7. The second-order valence-corrected chi connectivity index (χ2v) is 20.1. The molecule has 4 heterocycles. The van der Waals surface area contributed by atoms with Gasteiger partial charge in [-0.15, -0.1) is 45.3 Å². The van der Waals surface area contributed by atoms with Gasteiger partial charge in [-0.25, -0.2) is 0 Å². The lowest BCUT2D eigenvalue weighted by molar-refractivity contribution is 0.414. The molecule has 0 bridgehead atoms. The van der Waals surface area contributed by atoms with Crippen molar-refractivity contribution in [1.29, 1.82) is 0 Å². The van der Waals surface area contributed by atoms with Gasteiger partial charge >= 0.3 is 0 Å². The first-order valence-corrected chi connectivity index (χ1v) is 25.2. The number of rotatable bonds is 15. The minimum absolute atomic E-state index is 0.796. The van der Waals surface area contributed by atoms with Crippen molar-refractivity contribution in [1.82, 2.24) is 0 Å². The summed E-state index contributed by atoms with van der Waals surface area (Å²) >= 11 is 7.29. The van der Waals surface area contributed by atoms with Crippen LogP contribution in [0.4, 0.5) is 49.1 Å². The maximum absolute atomic E-state index is 5.61. The highest BCUT2D eigenvalue weighted by atomic mass is 32.1. The zero-order valence-corrected chi connectivity index (χ0v) is 41.8. The fourth-order valence-corrected chi connectivity index (χ4v) is 14.0. The van der Waals surface area contributed by atoms with Gasteiger partial charge in [0.15, 0.2) is 0 Å². The molecule has 69 heavy (non-hydrogen) atoms. The molecule has 0 fully saturated rings. The molecule has 11 aromatic rings. The van der Waals surface area contributed by atoms with Crippen molar-refractivity contribution in [2.24, 2.45) is 0 Å². The van der Waals surface area contributed by atoms with Crippen LogP contribution in [0.1, 0.15) is 0 Å². The Hall–Kier alpha value is -7.42. The molecule has 0 saturated carbocycles. The number of fused-ring (bicyclic) bond motifs is 8. The monoisotopic (exact) mass is 983 g/mol. The van der Waals surface area contributed by atoms with Gasteiger partial charge in [-0.05, 0) is 164 Å². The van der Waals surface area contributed by atoms with E-state index in [0.29, 0.717) is 0 Å². The number of benzene rings is 7. The average molecular weight is 984 g/mol. The third-order valence-corrected chi connectivity index (χ3v) is 17.0. The van der Waals surface area contributed by atoms with Crippen LogP contribution in [0, 0.1) is 0 Å². The van der Waals surface area contributed by atoms with Crippen LogP contribution in [-0.4, -0.2) is 42.7 Å². The number of anilines is 9. The highest BCUT2D eigenvalue weighted by molar-refractivity contribution is 7.36. The van der Waals surface area contributed by atoms with E-state index in [4.69, 9.17) is 28.4 Å². The number of ether oxygens (including phenoxy) is 6. The van der Waals surface area contributed by atoms with Crippen molar-refractivity contribution in [2.45, 2.75) is 0 Å². The number of hydrogen-bond acceptors (Lipinski definition) is 13. The van der Waals surface area contributed by atoms with Gasteiger partial charge in [0.05, 0.1) is 56.8 Å². The van der Waals surface area contributed by atoms with E-state index in [0.717, 1.165) is 83.6 Å². The predicted molar refractivity (Wildman–Crippen MR) is 291 cm³/mol. The minimum atomic E-state index is 0.796. The van der Waals surface area contributed by atoms with Gasteiger partial charge in [0.2, 0.25) is 0 Å². The van der Waals surface area contributed by atoms with E-state index in [1.54, 1.807) is 42.7 Å². The molecule has 0 atom stereocenters. The lowest BCUT2D eigenvalue weighted by Crippen LogP contribution is -2.08. The summed E-state index contributed by atoms with van der Waals surface area (Å²) in [4.78, 5) is 6.97. The fourth-order valence-electron chi connectivity index (χ4n) is 8.69. The van der Waals surface area contributed by atoms with Crippen molar-refractivity contribution in [3.05, 3.63) is 164 Å². The zero-order chi connectivity index (χ0) is 47.2. The quantitative estimate of drug-likeness (QED) is 0.0999. The van der Waals surface area contributed by atoms with Crippen LogP contribution < -0.4 is 43.1 Å². The summed E-state index contributed by atoms with van der Waals surface area (Å²) in [7, 11) is 10.2. The molecule has 0 saturated heterocycles. The number of hydrogen-bond donors (Lipinski definition) is 0. The Morgan fingerprint density at radius 1 is 0.275 bits per heavy atom. The number of thiophene rings is 4. The van der Waals surface area contributed by atoms with Crippen LogP contribution in [0.5, 0.6) is 34.5 Å². The second kappa shape index (κ2) is 18.6. The molecule has 344 valence electrons. The van der Waals surface area contributed by atoms with E-state index >= 15 is 0 Å². The molecule has 0 spiro atoms. The first-order chi connectivity index (χ1) is 33.9. The van der Waals surface area contributed by atoms with E-state index in [2.05, 4.69) is 106 Å². The summed E-state index contributed by atoms with van der Waals surface area (Å²) in [5.41, 5.74) is 6.12. The maximum atomic E-state index is 5.61. The van der Waals surface area contributed by atoms with Crippen molar-refractivity contribution >= 4 is 134 Å². The number of nitrogens with zero attached hydrogens (tertiary/aromatic N) is 3. The first kappa shape index (κ1) is 44.1. The largest absolute Gasteiger partial charge is 0.497 e. The van der Waals surface area contributed by atoms with Crippen molar-refractivity contribution in [3.63, 3.8) is 0 Å². The molecule has 9 nitrogen and oxygen atoms in total. The zero-order valence-electron chi connectivity index (χ0n) is 38.5. The highest BCUT2D eigenvalue weighted by Gasteiger charge is 2.27. The Morgan fingerprint density at radius 2 is 0.536 bits per heavy atom. The molecule has 0 N–H and O–H groups in total. The third-order valence-electron chi connectivity index (χ3n) is 12.2. The van der Waals surface area contributed by atoms with Gasteiger partial charge in [0, 0.05) is 59.7 Å². The molecular weight excluding hydrogens is 939 g/mol. The van der Waals surface area contributed by atoms with Gasteiger partial charge in [0.1, 0.15) is 49.5 Å². The van der Waals surface area contributed by atoms with Gasteiger partial charge < -0.3 is 43.1 Å². The van der Waals surface area contributed by atoms with Gasteiger partial charge in [-0.1, -0.05) is 0 Å². The summed E-state index contributed by atoms with van der Waals surface area (Å²) in [5, 5.41) is 6.95. The molecular formula is C56H45N3O6S4. The van der Waals surface area contributed by atoms with Crippen LogP contribution in [0.3, 0.4) is 0 Å². The fraction of sp³-hybridized carbons (Fsp3) is 0.107. The van der Waals surface area contributed by atoms with E-state index in [1.165, 1.54) is 39.7 Å². The normalized spacial score (nSPS) is 11.3. The van der Waals surface area contributed by atoms with E-state index in [1.807, 2.05) is 118 Å². The predicted octanol–water partition coefficient (Wildman–Crippen LogP) is 17.0. The molecule has 0 aliphatic rings. The first-order valence-electron chi connectivity index (χ1n) is 22.0. The number of methoxy groups -OCH3 is 6. The molecule has 4 aromatic heterocycles. The Balaban J connectivity index is 1.17. The standard InChI is InChI=1S/C56H45N3O6S4/c1-60-40-19-7-34(8-20-40)57(35-9-21-41(61-2)22-10-35)49-31-46-52-53(66-48-33-51(69-56(48)52)59(38-15-27-44(64-5)28-16-38)39-17-29-45(65-6)30-18-39)47-32-50(68-55(47)54(46)67-49)58(36-11-23-42(62-3)24-12-36)37-13-25-43(63-4)26-14-37/h7-33H,1-6H3. The van der Waals surface area contributed by atoms with Crippen LogP contribution in [0.25, 0.3) is 39.7 Å². The topological polar surface area (TPSA) is 65.1 Å². The Bertz CT molecular complexity index is 3420. The van der Waals surface area contributed by atoms with Gasteiger partial charge in [-0.3, -0.25) is 0 Å². The van der Waals surface area contributed by atoms with E-state index < -0.39 is 0 Å². The lowest BCUT2D eigenvalue weighted by atomic mass is 10.1. The smallest absolute Gasteiger partial charge is 0.119 e. The van der Waals surface area contributed by atoms with Crippen LogP contribution in [-0.2, 0) is 0 Å². The molecule has 0 radical (unpaired) electrons. The molecule has 13 heteroatoms. The maximum Gasteiger partial charge on any atom is 0.119 e. The molecule has 11 rings (SSSR count). The van der Waals surface area contributed by atoms with Gasteiger partial charge in [0.25, 0.3) is 0 Å². The summed E-state index contributed by atoms with van der Waals surface area (Å²) in [6.07, 6.45) is 0. The molecule has 7 aromatic carbocycles. The van der Waals surface area contributed by atoms with Crippen molar-refractivity contribution in [3.8, 4) is 34.5 Å². The van der Waals surface area contributed by atoms with Crippen molar-refractivity contribution in [2.75, 3.05) is 57.4 Å². The Labute approximate surface area is 415 Å².